The van der Waals surface area contributed by atoms with Crippen LogP contribution in [-0.2, 0) is 0 Å². The van der Waals surface area contributed by atoms with Crippen molar-refractivity contribution in [3.63, 3.8) is 0 Å². The molecule has 1 N–H and O–H groups in total. The van der Waals surface area contributed by atoms with Crippen molar-refractivity contribution < 1.29 is 9.53 Å². The summed E-state index contributed by atoms with van der Waals surface area (Å²) in [5.74, 6) is 0.803. The van der Waals surface area contributed by atoms with Crippen LogP contribution in [0.2, 0.25) is 5.02 Å². The summed E-state index contributed by atoms with van der Waals surface area (Å²) >= 11 is 5.87. The third-order valence-corrected chi connectivity index (χ3v) is 3.49. The molecule has 5 heteroatoms. The van der Waals surface area contributed by atoms with Gasteiger partial charge in [0.25, 0.3) is 0 Å². The maximum absolute atomic E-state index is 12.0. The zero-order valence-electron chi connectivity index (χ0n) is 9.16. The van der Waals surface area contributed by atoms with Crippen molar-refractivity contribution in [2.24, 2.45) is 0 Å². The molecule has 17 heavy (non-hydrogen) atoms. The van der Waals surface area contributed by atoms with Crippen molar-refractivity contribution in [2.45, 2.75) is 18.4 Å². The smallest absolute Gasteiger partial charge is 0.170 e. The summed E-state index contributed by atoms with van der Waals surface area (Å²) < 4.78 is 5.96. The molecule has 1 aromatic carbocycles. The van der Waals surface area contributed by atoms with Crippen molar-refractivity contribution in [1.82, 2.24) is 5.32 Å². The van der Waals surface area contributed by atoms with Crippen LogP contribution in [-0.4, -0.2) is 24.5 Å². The van der Waals surface area contributed by atoms with E-state index in [0.717, 1.165) is 19.5 Å². The van der Waals surface area contributed by atoms with Crippen LogP contribution in [0, 0.1) is 0 Å². The van der Waals surface area contributed by atoms with Gasteiger partial charge in [0.1, 0.15) is 11.4 Å². The average Bonchev–Trinajstić information content (AvgIpc) is 2.68. The first-order valence-electron chi connectivity index (χ1n) is 5.41. The number of rotatable bonds is 0. The van der Waals surface area contributed by atoms with Gasteiger partial charge in [-0.2, -0.15) is 0 Å². The number of benzene rings is 1. The van der Waals surface area contributed by atoms with E-state index in [1.165, 1.54) is 0 Å². The van der Waals surface area contributed by atoms with Gasteiger partial charge >= 0.3 is 0 Å². The molecule has 3 rings (SSSR count). The molecular weight excluding hydrogens is 261 g/mol. The summed E-state index contributed by atoms with van der Waals surface area (Å²) in [6.07, 6.45) is 1.34. The standard InChI is InChI=1S/C12H12ClNO2.ClH/c13-8-1-2-11-9(5-8)10(15)6-12(16-11)3-4-14-7-12;/h1-2,5,14H,3-4,6-7H2;1H. The highest BCUT2D eigenvalue weighted by molar-refractivity contribution is 6.31. The van der Waals surface area contributed by atoms with Crippen LogP contribution in [0.4, 0.5) is 0 Å². The van der Waals surface area contributed by atoms with Gasteiger partial charge in [-0.3, -0.25) is 4.79 Å². The number of hydrogen-bond donors (Lipinski definition) is 1. The lowest BCUT2D eigenvalue weighted by Crippen LogP contribution is -2.43. The van der Waals surface area contributed by atoms with Crippen molar-refractivity contribution in [3.8, 4) is 5.75 Å². The van der Waals surface area contributed by atoms with Crippen molar-refractivity contribution in [1.29, 1.82) is 0 Å². The van der Waals surface area contributed by atoms with E-state index in [9.17, 15) is 4.79 Å². The fourth-order valence-electron chi connectivity index (χ4n) is 2.43. The Labute approximate surface area is 111 Å². The quantitative estimate of drug-likeness (QED) is 0.789. The Morgan fingerprint density at radius 2 is 2.24 bits per heavy atom. The molecule has 1 unspecified atom stereocenters. The van der Waals surface area contributed by atoms with Gasteiger partial charge in [-0.15, -0.1) is 12.4 Å². The van der Waals surface area contributed by atoms with Gasteiger partial charge in [-0.05, 0) is 24.7 Å². The molecule has 92 valence electrons. The fraction of sp³-hybridized carbons (Fsp3) is 0.417. The Bertz CT molecular complexity index is 456. The number of hydrogen-bond acceptors (Lipinski definition) is 3. The van der Waals surface area contributed by atoms with Gasteiger partial charge in [-0.1, -0.05) is 11.6 Å². The molecule has 2 heterocycles. The third kappa shape index (κ3) is 2.15. The number of fused-ring (bicyclic) bond motifs is 1. The summed E-state index contributed by atoms with van der Waals surface area (Å²) in [4.78, 5) is 12.0. The Kier molecular flexibility index (Phi) is 3.34. The van der Waals surface area contributed by atoms with E-state index in [1.54, 1.807) is 18.2 Å². The molecule has 3 nitrogen and oxygen atoms in total. The molecule has 1 spiro atoms. The SMILES string of the molecule is Cl.O=C1CC2(CCNC2)Oc2ccc(Cl)cc21. The lowest BCUT2D eigenvalue weighted by molar-refractivity contribution is 0.0528. The molecule has 2 aliphatic heterocycles. The number of nitrogens with one attached hydrogen (secondary N) is 1. The Morgan fingerprint density at radius 3 is 2.94 bits per heavy atom. The van der Waals surface area contributed by atoms with E-state index in [2.05, 4.69) is 5.32 Å². The van der Waals surface area contributed by atoms with Gasteiger partial charge in [0.05, 0.1) is 12.0 Å². The van der Waals surface area contributed by atoms with Gasteiger partial charge in [0.15, 0.2) is 5.78 Å². The maximum Gasteiger partial charge on any atom is 0.170 e. The summed E-state index contributed by atoms with van der Waals surface area (Å²) in [5, 5.41) is 3.82. The summed E-state index contributed by atoms with van der Waals surface area (Å²) in [6.45, 7) is 1.66. The van der Waals surface area contributed by atoms with Crippen LogP contribution in [0.1, 0.15) is 23.2 Å². The van der Waals surface area contributed by atoms with Gasteiger partial charge in [-0.25, -0.2) is 0 Å². The molecule has 1 saturated heterocycles. The van der Waals surface area contributed by atoms with Crippen LogP contribution in [0.15, 0.2) is 18.2 Å². The summed E-state index contributed by atoms with van der Waals surface area (Å²) in [6, 6.07) is 5.23. The first-order chi connectivity index (χ1) is 7.69. The topological polar surface area (TPSA) is 38.3 Å². The highest BCUT2D eigenvalue weighted by atomic mass is 35.5. The normalized spacial score (nSPS) is 26.3. The Hall–Kier alpha value is -0.770. The van der Waals surface area contributed by atoms with Crippen molar-refractivity contribution in [3.05, 3.63) is 28.8 Å². The van der Waals surface area contributed by atoms with E-state index < -0.39 is 0 Å². The van der Waals surface area contributed by atoms with Gasteiger partial charge in [0, 0.05) is 18.0 Å². The number of halogens is 2. The number of ketones is 1. The molecule has 0 aliphatic carbocycles. The minimum Gasteiger partial charge on any atom is -0.485 e. The van der Waals surface area contributed by atoms with E-state index >= 15 is 0 Å². The van der Waals surface area contributed by atoms with E-state index in [0.29, 0.717) is 22.8 Å². The predicted octanol–water partition coefficient (Wildman–Crippen LogP) is 2.46. The molecule has 1 fully saturated rings. The van der Waals surface area contributed by atoms with Gasteiger partial charge in [0.2, 0.25) is 0 Å². The summed E-state index contributed by atoms with van der Waals surface area (Å²) in [5.41, 5.74) is 0.294. The molecule has 0 radical (unpaired) electrons. The molecule has 0 aromatic heterocycles. The molecular formula is C12H13Cl2NO2. The molecule has 2 aliphatic rings. The van der Waals surface area contributed by atoms with E-state index in [-0.39, 0.29) is 23.8 Å². The second kappa shape index (κ2) is 4.48. The highest BCUT2D eigenvalue weighted by Gasteiger charge is 2.42. The van der Waals surface area contributed by atoms with Gasteiger partial charge < -0.3 is 10.1 Å². The first-order valence-corrected chi connectivity index (χ1v) is 5.79. The van der Waals surface area contributed by atoms with Crippen LogP contribution in [0.3, 0.4) is 0 Å². The van der Waals surface area contributed by atoms with E-state index in [1.807, 2.05) is 0 Å². The number of carbonyl (C=O) groups excluding carboxylic acids is 1. The monoisotopic (exact) mass is 273 g/mol. The molecule has 0 amide bonds. The molecule has 1 atom stereocenters. The highest BCUT2D eigenvalue weighted by Crippen LogP contribution is 2.37. The van der Waals surface area contributed by atoms with E-state index in [4.69, 9.17) is 16.3 Å². The second-order valence-corrected chi connectivity index (χ2v) is 4.89. The second-order valence-electron chi connectivity index (χ2n) is 4.45. The van der Waals surface area contributed by atoms with Crippen LogP contribution < -0.4 is 10.1 Å². The average molecular weight is 274 g/mol. The minimum absolute atomic E-state index is 0. The largest absolute Gasteiger partial charge is 0.485 e. The minimum atomic E-state index is -0.322. The molecule has 1 aromatic rings. The first kappa shape index (κ1) is 12.7. The number of carbonyl (C=O) groups is 1. The third-order valence-electron chi connectivity index (χ3n) is 3.26. The Balaban J connectivity index is 0.00000108. The predicted molar refractivity (Wildman–Crippen MR) is 68.5 cm³/mol. The molecule has 0 saturated carbocycles. The van der Waals surface area contributed by atoms with Crippen molar-refractivity contribution in [2.75, 3.05) is 13.1 Å². The summed E-state index contributed by atoms with van der Waals surface area (Å²) in [7, 11) is 0. The van der Waals surface area contributed by atoms with Crippen molar-refractivity contribution >= 4 is 29.8 Å². The van der Waals surface area contributed by atoms with Crippen LogP contribution in [0.25, 0.3) is 0 Å². The zero-order chi connectivity index (χ0) is 11.2. The lowest BCUT2D eigenvalue weighted by atomic mass is 9.89. The number of Topliss-reactive ketones (excluding diaryl/α,β-unsaturated/α-hetero) is 1. The Morgan fingerprint density at radius 1 is 1.41 bits per heavy atom. The maximum atomic E-state index is 12.0. The van der Waals surface area contributed by atoms with Crippen LogP contribution >= 0.6 is 24.0 Å². The fourth-order valence-corrected chi connectivity index (χ4v) is 2.60. The zero-order valence-corrected chi connectivity index (χ0v) is 10.7. The lowest BCUT2D eigenvalue weighted by Gasteiger charge is -2.34. The number of ether oxygens (including phenoxy) is 1. The molecule has 0 bridgehead atoms. The van der Waals surface area contributed by atoms with Crippen LogP contribution in [0.5, 0.6) is 5.75 Å².